The summed E-state index contributed by atoms with van der Waals surface area (Å²) in [5.41, 5.74) is 3.99. The average molecular weight is 649 g/mol. The van der Waals surface area contributed by atoms with Gasteiger partial charge < -0.3 is 20.6 Å². The highest BCUT2D eigenvalue weighted by Crippen LogP contribution is 2.33. The van der Waals surface area contributed by atoms with Crippen molar-refractivity contribution in [2.24, 2.45) is 0 Å². The number of nitrogens with zero attached hydrogens (tertiary/aromatic N) is 1. The number of rotatable bonds is 11. The van der Waals surface area contributed by atoms with Crippen molar-refractivity contribution in [1.29, 1.82) is 0 Å². The Kier molecular flexibility index (Phi) is 11.1. The number of aromatic hydroxyl groups is 3. The molecule has 0 aliphatic heterocycles. The molecule has 5 nitrogen and oxygen atoms in total. The molecular weight excluding hydrogens is 604 g/mol. The molecule has 7 rings (SSSR count). The Morgan fingerprint density at radius 1 is 0.469 bits per heavy atom. The van der Waals surface area contributed by atoms with Crippen LogP contribution in [0, 0.1) is 0 Å². The van der Waals surface area contributed by atoms with Gasteiger partial charge in [0.25, 0.3) is 0 Å². The van der Waals surface area contributed by atoms with Crippen LogP contribution in [0.2, 0.25) is 0 Å². The van der Waals surface area contributed by atoms with Crippen LogP contribution < -0.4 is 5.32 Å². The molecule has 0 amide bonds. The lowest BCUT2D eigenvalue weighted by molar-refractivity contribution is 0.243. The summed E-state index contributed by atoms with van der Waals surface area (Å²) < 4.78 is 0. The maximum atomic E-state index is 10.7. The molecule has 0 saturated carbocycles. The van der Waals surface area contributed by atoms with E-state index < -0.39 is 0 Å². The first-order valence-corrected chi connectivity index (χ1v) is 17.1. The van der Waals surface area contributed by atoms with Crippen molar-refractivity contribution in [3.63, 3.8) is 0 Å². The van der Waals surface area contributed by atoms with Gasteiger partial charge in [0.1, 0.15) is 17.2 Å². The van der Waals surface area contributed by atoms with Crippen LogP contribution in [0.3, 0.4) is 0 Å². The van der Waals surface area contributed by atoms with E-state index in [9.17, 15) is 15.3 Å². The van der Waals surface area contributed by atoms with Crippen LogP contribution in [0.5, 0.6) is 17.2 Å². The Morgan fingerprint density at radius 2 is 0.898 bits per heavy atom. The van der Waals surface area contributed by atoms with E-state index in [0.29, 0.717) is 36.9 Å². The third-order valence-corrected chi connectivity index (χ3v) is 9.07. The molecule has 0 fully saturated rings. The van der Waals surface area contributed by atoms with Crippen molar-refractivity contribution in [3.05, 3.63) is 162 Å². The van der Waals surface area contributed by atoms with Crippen LogP contribution in [0.1, 0.15) is 42.0 Å². The maximum Gasteiger partial charge on any atom is 0.120 e. The largest absolute Gasteiger partial charge is 0.508 e. The predicted molar refractivity (Wildman–Crippen MR) is 203 cm³/mol. The summed E-state index contributed by atoms with van der Waals surface area (Å²) in [7, 11) is 0. The highest BCUT2D eigenvalue weighted by atomic mass is 16.3. The molecular formula is C44H44N2O3. The minimum absolute atomic E-state index is 0.295. The Labute approximate surface area is 288 Å². The number of nitrogens with one attached hydrogen (secondary N) is 1. The van der Waals surface area contributed by atoms with E-state index in [0.717, 1.165) is 56.7 Å². The van der Waals surface area contributed by atoms with Crippen LogP contribution in [0.4, 0.5) is 0 Å². The molecule has 0 spiro atoms. The van der Waals surface area contributed by atoms with Gasteiger partial charge in [0.2, 0.25) is 0 Å². The minimum atomic E-state index is 0.295. The zero-order chi connectivity index (χ0) is 34.0. The van der Waals surface area contributed by atoms with Crippen molar-refractivity contribution in [2.45, 2.75) is 45.9 Å². The van der Waals surface area contributed by atoms with E-state index in [4.69, 9.17) is 0 Å². The lowest BCUT2D eigenvalue weighted by Gasteiger charge is -2.25. The Bertz CT molecular complexity index is 2060. The van der Waals surface area contributed by atoms with Gasteiger partial charge >= 0.3 is 0 Å². The molecule has 0 heterocycles. The second-order valence-electron chi connectivity index (χ2n) is 12.5. The SMILES string of the molecule is CCCCNCc1c(O)ccc2ccccc12.Oc1ccc2ccccc2c1CN(Cc1ccccc1)Cc1c(O)ccc2ccccc12. The zero-order valence-corrected chi connectivity index (χ0v) is 28.0. The highest BCUT2D eigenvalue weighted by Gasteiger charge is 2.17. The molecule has 7 aromatic rings. The molecule has 0 radical (unpaired) electrons. The van der Waals surface area contributed by atoms with Crippen LogP contribution in [0.25, 0.3) is 32.3 Å². The summed E-state index contributed by atoms with van der Waals surface area (Å²) in [4.78, 5) is 2.28. The first-order valence-electron chi connectivity index (χ1n) is 17.1. The Hall–Kier alpha value is -5.36. The minimum Gasteiger partial charge on any atom is -0.508 e. The molecule has 0 aliphatic carbocycles. The van der Waals surface area contributed by atoms with Gasteiger partial charge in [-0.3, -0.25) is 4.90 Å². The zero-order valence-electron chi connectivity index (χ0n) is 28.0. The van der Waals surface area contributed by atoms with Crippen molar-refractivity contribution >= 4 is 32.3 Å². The molecule has 7 aromatic carbocycles. The molecule has 0 aromatic heterocycles. The third-order valence-electron chi connectivity index (χ3n) is 9.07. The first kappa shape index (κ1) is 33.5. The molecule has 0 bridgehead atoms. The molecule has 49 heavy (non-hydrogen) atoms. The summed E-state index contributed by atoms with van der Waals surface area (Å²) in [5, 5.41) is 41.4. The van der Waals surface area contributed by atoms with Crippen molar-refractivity contribution in [2.75, 3.05) is 6.54 Å². The second kappa shape index (κ2) is 16.2. The van der Waals surface area contributed by atoms with E-state index in [1.165, 1.54) is 23.8 Å². The van der Waals surface area contributed by atoms with Crippen LogP contribution in [0.15, 0.2) is 140 Å². The van der Waals surface area contributed by atoms with Crippen molar-refractivity contribution < 1.29 is 15.3 Å². The lowest BCUT2D eigenvalue weighted by atomic mass is 10.0. The number of fused-ring (bicyclic) bond motifs is 3. The lowest BCUT2D eigenvalue weighted by Crippen LogP contribution is -2.23. The van der Waals surface area contributed by atoms with Gasteiger partial charge in [-0.2, -0.15) is 0 Å². The molecule has 5 heteroatoms. The fraction of sp³-hybridized carbons (Fsp3) is 0.182. The summed E-state index contributed by atoms with van der Waals surface area (Å²) in [5.74, 6) is 0.973. The van der Waals surface area contributed by atoms with Crippen molar-refractivity contribution in [1.82, 2.24) is 10.2 Å². The van der Waals surface area contributed by atoms with Crippen molar-refractivity contribution in [3.8, 4) is 17.2 Å². The van der Waals surface area contributed by atoms with Gasteiger partial charge in [-0.25, -0.2) is 0 Å². The summed E-state index contributed by atoms with van der Waals surface area (Å²) in [6.45, 7) is 5.73. The number of phenols is 3. The quantitative estimate of drug-likeness (QED) is 0.105. The molecule has 0 unspecified atom stereocenters. The van der Waals surface area contributed by atoms with E-state index in [1.54, 1.807) is 18.2 Å². The standard InChI is InChI=1S/C29H25NO2.C15H19NO/c31-28-16-14-22-10-4-6-12-24(22)26(28)19-30(18-21-8-2-1-3-9-21)20-27-25-13-7-5-11-23(25)15-17-29(27)32;1-2-3-10-16-11-14-13-7-5-4-6-12(13)8-9-15(14)17/h1-17,31-32H,18-20H2;4-9,16-17H,2-3,10-11H2,1H3. The molecule has 248 valence electrons. The van der Waals surface area contributed by atoms with E-state index in [2.05, 4.69) is 65.7 Å². The van der Waals surface area contributed by atoms with E-state index in [1.807, 2.05) is 72.8 Å². The van der Waals surface area contributed by atoms with Gasteiger partial charge in [-0.15, -0.1) is 0 Å². The number of hydrogen-bond donors (Lipinski definition) is 4. The average Bonchev–Trinajstić information content (AvgIpc) is 3.14. The normalized spacial score (nSPS) is 11.2. The highest BCUT2D eigenvalue weighted by molar-refractivity contribution is 5.89. The van der Waals surface area contributed by atoms with Gasteiger partial charge in [-0.05, 0) is 69.0 Å². The van der Waals surface area contributed by atoms with Gasteiger partial charge in [0.15, 0.2) is 0 Å². The van der Waals surface area contributed by atoms with Crippen LogP contribution >= 0.6 is 0 Å². The second-order valence-corrected chi connectivity index (χ2v) is 12.5. The fourth-order valence-corrected chi connectivity index (χ4v) is 6.46. The number of benzene rings is 7. The van der Waals surface area contributed by atoms with E-state index >= 15 is 0 Å². The molecule has 4 N–H and O–H groups in total. The topological polar surface area (TPSA) is 76.0 Å². The number of unbranched alkanes of at least 4 members (excludes halogenated alkanes) is 1. The summed E-state index contributed by atoms with van der Waals surface area (Å²) >= 11 is 0. The Morgan fingerprint density at radius 3 is 1.39 bits per heavy atom. The summed E-state index contributed by atoms with van der Waals surface area (Å²) in [6, 6.07) is 45.9. The summed E-state index contributed by atoms with van der Waals surface area (Å²) in [6.07, 6.45) is 2.36. The molecule has 0 saturated heterocycles. The molecule has 0 atom stereocenters. The van der Waals surface area contributed by atoms with Gasteiger partial charge in [0.05, 0.1) is 0 Å². The monoisotopic (exact) mass is 648 g/mol. The first-order chi connectivity index (χ1) is 24.0. The Balaban J connectivity index is 0.000000207. The number of phenolic OH excluding ortho intramolecular Hbond substituents is 3. The maximum absolute atomic E-state index is 10.7. The van der Waals surface area contributed by atoms with Crippen LogP contribution in [-0.4, -0.2) is 26.8 Å². The van der Waals surface area contributed by atoms with Crippen LogP contribution in [-0.2, 0) is 26.2 Å². The van der Waals surface area contributed by atoms with Gasteiger partial charge in [-0.1, -0.05) is 135 Å². The predicted octanol–water partition coefficient (Wildman–Crippen LogP) is 10.0. The van der Waals surface area contributed by atoms with Gasteiger partial charge in [0, 0.05) is 42.9 Å². The smallest absolute Gasteiger partial charge is 0.120 e. The number of hydrogen-bond acceptors (Lipinski definition) is 5. The molecule has 0 aliphatic rings. The van der Waals surface area contributed by atoms with E-state index in [-0.39, 0.29) is 0 Å². The third kappa shape index (κ3) is 8.21. The fourth-order valence-electron chi connectivity index (χ4n) is 6.46.